The lowest BCUT2D eigenvalue weighted by atomic mass is 10.2. The summed E-state index contributed by atoms with van der Waals surface area (Å²) in [5, 5.41) is 3.42. The minimum atomic E-state index is -0.416. The number of urea groups is 1. The minimum absolute atomic E-state index is 0.0978. The maximum atomic E-state index is 12.8. The van der Waals surface area contributed by atoms with Gasteiger partial charge in [0.25, 0.3) is 5.91 Å². The number of halogens is 1. The fourth-order valence-electron chi connectivity index (χ4n) is 3.67. The van der Waals surface area contributed by atoms with Gasteiger partial charge in [0.1, 0.15) is 6.26 Å². The second-order valence-electron chi connectivity index (χ2n) is 7.59. The Hall–Kier alpha value is -4.04. The van der Waals surface area contributed by atoms with Crippen molar-refractivity contribution in [3.8, 4) is 5.69 Å². The third-order valence-corrected chi connectivity index (χ3v) is 5.58. The van der Waals surface area contributed by atoms with Crippen LogP contribution in [0.2, 0.25) is 5.02 Å². The Balaban J connectivity index is 1.22. The minimum Gasteiger partial charge on any atom is -0.431 e. The summed E-state index contributed by atoms with van der Waals surface area (Å²) < 4.78 is 7.42. The predicted molar refractivity (Wildman–Crippen MR) is 125 cm³/mol. The number of anilines is 2. The zero-order valence-electron chi connectivity index (χ0n) is 17.5. The van der Waals surface area contributed by atoms with Gasteiger partial charge in [0.15, 0.2) is 5.69 Å². The van der Waals surface area contributed by atoms with Gasteiger partial charge >= 0.3 is 12.0 Å². The van der Waals surface area contributed by atoms with Crippen LogP contribution in [0.25, 0.3) is 5.69 Å². The summed E-state index contributed by atoms with van der Waals surface area (Å²) >= 11 is 6.03. The zero-order valence-corrected chi connectivity index (χ0v) is 18.3. The van der Waals surface area contributed by atoms with E-state index in [9.17, 15) is 9.59 Å². The molecule has 3 amide bonds. The number of carbonyl (C=O) groups excluding carboxylic acids is 2. The van der Waals surface area contributed by atoms with E-state index >= 15 is 0 Å². The first kappa shape index (κ1) is 20.8. The van der Waals surface area contributed by atoms with Crippen molar-refractivity contribution in [3.05, 3.63) is 95.6 Å². The molecule has 3 heterocycles. The van der Waals surface area contributed by atoms with Crippen molar-refractivity contribution in [2.75, 3.05) is 23.3 Å². The zero-order chi connectivity index (χ0) is 22.8. The van der Waals surface area contributed by atoms with Crippen LogP contribution >= 0.6 is 11.6 Å². The molecule has 8 nitrogen and oxygen atoms in total. The third kappa shape index (κ3) is 4.47. The molecule has 2 aromatic carbocycles. The number of rotatable bonds is 6. The number of aromatic nitrogens is 2. The summed E-state index contributed by atoms with van der Waals surface area (Å²) in [6.45, 7) is 1.37. The maximum absolute atomic E-state index is 12.8. The SMILES string of the molecule is O=C(Nc1ccc(-n2cccc2)cc1)c1coc(N2CCN(Cc3cccc(Cl)c3)C2=O)n1. The molecule has 9 heteroatoms. The lowest BCUT2D eigenvalue weighted by Gasteiger charge is -2.16. The van der Waals surface area contributed by atoms with Crippen LogP contribution in [-0.4, -0.2) is 39.5 Å². The van der Waals surface area contributed by atoms with Crippen LogP contribution in [0.5, 0.6) is 0 Å². The highest BCUT2D eigenvalue weighted by molar-refractivity contribution is 6.30. The van der Waals surface area contributed by atoms with Crippen molar-refractivity contribution < 1.29 is 14.0 Å². The molecule has 0 atom stereocenters. The van der Waals surface area contributed by atoms with Gasteiger partial charge in [-0.05, 0) is 54.1 Å². The van der Waals surface area contributed by atoms with Crippen molar-refractivity contribution in [1.29, 1.82) is 0 Å². The molecule has 1 fully saturated rings. The molecule has 1 aliphatic heterocycles. The first-order chi connectivity index (χ1) is 16.1. The normalized spacial score (nSPS) is 13.5. The summed E-state index contributed by atoms with van der Waals surface area (Å²) in [7, 11) is 0. The number of hydrogen-bond donors (Lipinski definition) is 1. The number of oxazole rings is 1. The van der Waals surface area contributed by atoms with Crippen LogP contribution in [0.15, 0.2) is 83.7 Å². The molecule has 1 N–H and O–H groups in total. The number of nitrogens with one attached hydrogen (secondary N) is 1. The van der Waals surface area contributed by atoms with Crippen LogP contribution in [0.3, 0.4) is 0 Å². The highest BCUT2D eigenvalue weighted by Crippen LogP contribution is 2.23. The molecule has 1 aliphatic rings. The molecule has 0 spiro atoms. The topological polar surface area (TPSA) is 83.6 Å². The average Bonchev–Trinajstić information content (AvgIpc) is 3.57. The van der Waals surface area contributed by atoms with Crippen molar-refractivity contribution in [3.63, 3.8) is 0 Å². The first-order valence-electron chi connectivity index (χ1n) is 10.4. The molecule has 166 valence electrons. The molecule has 0 bridgehead atoms. The largest absolute Gasteiger partial charge is 0.431 e. The van der Waals surface area contributed by atoms with Crippen LogP contribution in [0.1, 0.15) is 16.1 Å². The van der Waals surface area contributed by atoms with Gasteiger partial charge in [-0.2, -0.15) is 4.98 Å². The van der Waals surface area contributed by atoms with Gasteiger partial charge in [-0.1, -0.05) is 23.7 Å². The van der Waals surface area contributed by atoms with Gasteiger partial charge < -0.3 is 19.2 Å². The van der Waals surface area contributed by atoms with E-state index in [0.717, 1.165) is 11.3 Å². The number of carbonyl (C=O) groups is 2. The Morgan fingerprint density at radius 1 is 1.06 bits per heavy atom. The van der Waals surface area contributed by atoms with E-state index < -0.39 is 5.91 Å². The number of benzene rings is 2. The Morgan fingerprint density at radius 3 is 2.61 bits per heavy atom. The van der Waals surface area contributed by atoms with Crippen LogP contribution in [-0.2, 0) is 6.54 Å². The van der Waals surface area contributed by atoms with E-state index in [0.29, 0.717) is 30.3 Å². The smallest absolute Gasteiger partial charge is 0.328 e. The maximum Gasteiger partial charge on any atom is 0.328 e. The van der Waals surface area contributed by atoms with E-state index in [4.69, 9.17) is 16.0 Å². The number of amides is 3. The molecule has 0 unspecified atom stereocenters. The highest BCUT2D eigenvalue weighted by Gasteiger charge is 2.33. The Kier molecular flexibility index (Phi) is 5.58. The van der Waals surface area contributed by atoms with Crippen molar-refractivity contribution in [1.82, 2.24) is 14.5 Å². The van der Waals surface area contributed by atoms with E-state index in [-0.39, 0.29) is 17.7 Å². The molecule has 0 radical (unpaired) electrons. The molecule has 2 aromatic heterocycles. The molecule has 0 aliphatic carbocycles. The van der Waals surface area contributed by atoms with Gasteiger partial charge in [-0.3, -0.25) is 4.79 Å². The van der Waals surface area contributed by atoms with Gasteiger partial charge in [0.05, 0.1) is 0 Å². The van der Waals surface area contributed by atoms with Gasteiger partial charge in [-0.15, -0.1) is 0 Å². The van der Waals surface area contributed by atoms with Crippen LogP contribution < -0.4 is 10.2 Å². The lowest BCUT2D eigenvalue weighted by molar-refractivity contribution is 0.102. The van der Waals surface area contributed by atoms with E-state index in [1.54, 1.807) is 11.0 Å². The Labute approximate surface area is 195 Å². The third-order valence-electron chi connectivity index (χ3n) is 5.34. The molecular formula is C24H20ClN5O3. The number of nitrogens with zero attached hydrogens (tertiary/aromatic N) is 4. The second-order valence-corrected chi connectivity index (χ2v) is 8.03. The molecule has 5 rings (SSSR count). The summed E-state index contributed by atoms with van der Waals surface area (Å²) in [5.74, 6) is -0.416. The van der Waals surface area contributed by atoms with Gasteiger partial charge in [0, 0.05) is 48.4 Å². The standard InChI is InChI=1S/C24H20ClN5O3/c25-18-5-3-4-17(14-18)15-29-12-13-30(24(29)32)23-27-21(16-33-23)22(31)26-19-6-8-20(9-7-19)28-10-1-2-11-28/h1-11,14,16H,12-13,15H2,(H,26,31). The quantitative estimate of drug-likeness (QED) is 0.446. The van der Waals surface area contributed by atoms with E-state index in [2.05, 4.69) is 10.3 Å². The molecule has 0 saturated carbocycles. The van der Waals surface area contributed by atoms with Crippen molar-refractivity contribution >= 4 is 35.2 Å². The predicted octanol–water partition coefficient (Wildman–Crippen LogP) is 4.81. The summed E-state index contributed by atoms with van der Waals surface area (Å²) in [6.07, 6.45) is 5.15. The van der Waals surface area contributed by atoms with E-state index in [1.807, 2.05) is 71.6 Å². The summed E-state index contributed by atoms with van der Waals surface area (Å²) in [4.78, 5) is 32.8. The van der Waals surface area contributed by atoms with Crippen LogP contribution in [0, 0.1) is 0 Å². The number of hydrogen-bond acceptors (Lipinski definition) is 4. The fraction of sp³-hybridized carbons (Fsp3) is 0.125. The van der Waals surface area contributed by atoms with Crippen molar-refractivity contribution in [2.45, 2.75) is 6.54 Å². The molecule has 1 saturated heterocycles. The highest BCUT2D eigenvalue weighted by atomic mass is 35.5. The van der Waals surface area contributed by atoms with E-state index in [1.165, 1.54) is 11.2 Å². The first-order valence-corrected chi connectivity index (χ1v) is 10.8. The second kappa shape index (κ2) is 8.84. The Bertz CT molecular complexity index is 1280. The fourth-order valence-corrected chi connectivity index (χ4v) is 3.89. The average molecular weight is 462 g/mol. The monoisotopic (exact) mass is 461 g/mol. The van der Waals surface area contributed by atoms with Crippen molar-refractivity contribution in [2.24, 2.45) is 0 Å². The summed E-state index contributed by atoms with van der Waals surface area (Å²) in [6, 6.07) is 18.6. The van der Waals surface area contributed by atoms with Gasteiger partial charge in [0.2, 0.25) is 0 Å². The summed E-state index contributed by atoms with van der Waals surface area (Å²) in [5.41, 5.74) is 2.65. The molecule has 33 heavy (non-hydrogen) atoms. The van der Waals surface area contributed by atoms with Gasteiger partial charge in [-0.25, -0.2) is 9.69 Å². The lowest BCUT2D eigenvalue weighted by Crippen LogP contribution is -2.31. The van der Waals surface area contributed by atoms with Crippen LogP contribution in [0.4, 0.5) is 16.5 Å². The molecule has 4 aromatic rings. The Morgan fingerprint density at radius 2 is 1.85 bits per heavy atom. The molecular weight excluding hydrogens is 442 g/mol.